The summed E-state index contributed by atoms with van der Waals surface area (Å²) in [4.78, 5) is 16.8. The number of rotatable bonds is 4. The highest BCUT2D eigenvalue weighted by atomic mass is 16.6. The first-order valence-corrected chi connectivity index (χ1v) is 6.55. The lowest BCUT2D eigenvalue weighted by Gasteiger charge is -2.11. The highest BCUT2D eigenvalue weighted by Crippen LogP contribution is 2.20. The number of hydrogen-bond donors (Lipinski definition) is 0. The van der Waals surface area contributed by atoms with Crippen LogP contribution in [0, 0.1) is 10.1 Å². The SMILES string of the molecule is CC(=Nc1ccc(N(C)C)cc1)c1ccc([N+](=O)[O-])cc1. The Morgan fingerprint density at radius 2 is 1.62 bits per heavy atom. The molecule has 2 aromatic carbocycles. The third kappa shape index (κ3) is 3.66. The van der Waals surface area contributed by atoms with Crippen LogP contribution in [0.25, 0.3) is 0 Å². The van der Waals surface area contributed by atoms with E-state index >= 15 is 0 Å². The van der Waals surface area contributed by atoms with Crippen molar-refractivity contribution < 1.29 is 4.92 Å². The zero-order valence-corrected chi connectivity index (χ0v) is 12.3. The second-order valence-corrected chi connectivity index (χ2v) is 4.91. The van der Waals surface area contributed by atoms with Gasteiger partial charge in [-0.2, -0.15) is 0 Å². The molecule has 0 saturated heterocycles. The van der Waals surface area contributed by atoms with Crippen molar-refractivity contribution in [3.63, 3.8) is 0 Å². The van der Waals surface area contributed by atoms with E-state index in [0.717, 1.165) is 22.6 Å². The smallest absolute Gasteiger partial charge is 0.269 e. The van der Waals surface area contributed by atoms with Crippen molar-refractivity contribution in [3.8, 4) is 0 Å². The van der Waals surface area contributed by atoms with Gasteiger partial charge in [0.15, 0.2) is 0 Å². The van der Waals surface area contributed by atoms with Gasteiger partial charge in [-0.25, -0.2) is 0 Å². The molecule has 0 spiro atoms. The number of hydrogen-bond acceptors (Lipinski definition) is 4. The molecule has 0 radical (unpaired) electrons. The summed E-state index contributed by atoms with van der Waals surface area (Å²) in [5.74, 6) is 0. The van der Waals surface area contributed by atoms with E-state index in [1.54, 1.807) is 12.1 Å². The summed E-state index contributed by atoms with van der Waals surface area (Å²) >= 11 is 0. The molecule has 0 aliphatic heterocycles. The molecule has 0 aromatic heterocycles. The van der Waals surface area contributed by atoms with E-state index in [9.17, 15) is 10.1 Å². The molecular formula is C16H17N3O2. The van der Waals surface area contributed by atoms with Gasteiger partial charge in [-0.15, -0.1) is 0 Å². The fourth-order valence-electron chi connectivity index (χ4n) is 1.91. The zero-order chi connectivity index (χ0) is 15.4. The Bertz CT molecular complexity index is 659. The number of anilines is 1. The zero-order valence-electron chi connectivity index (χ0n) is 12.3. The lowest BCUT2D eigenvalue weighted by Crippen LogP contribution is -2.07. The summed E-state index contributed by atoms with van der Waals surface area (Å²) in [7, 11) is 3.97. The standard InChI is InChI=1S/C16H17N3O2/c1-12(13-4-8-16(9-5-13)19(20)21)17-14-6-10-15(11-7-14)18(2)3/h4-11H,1-3H3. The second-order valence-electron chi connectivity index (χ2n) is 4.91. The Hall–Kier alpha value is -2.69. The van der Waals surface area contributed by atoms with Gasteiger partial charge >= 0.3 is 0 Å². The molecule has 2 rings (SSSR count). The average Bonchev–Trinajstić information content (AvgIpc) is 2.47. The number of non-ortho nitro benzene ring substituents is 1. The van der Waals surface area contributed by atoms with E-state index in [4.69, 9.17) is 0 Å². The van der Waals surface area contributed by atoms with Gasteiger partial charge in [0.1, 0.15) is 0 Å². The van der Waals surface area contributed by atoms with Crippen molar-refractivity contribution in [1.82, 2.24) is 0 Å². The molecule has 0 amide bonds. The molecule has 0 atom stereocenters. The third-order valence-corrected chi connectivity index (χ3v) is 3.16. The van der Waals surface area contributed by atoms with Crippen LogP contribution in [0.1, 0.15) is 12.5 Å². The topological polar surface area (TPSA) is 58.7 Å². The lowest BCUT2D eigenvalue weighted by molar-refractivity contribution is -0.384. The highest BCUT2D eigenvalue weighted by Gasteiger charge is 2.05. The van der Waals surface area contributed by atoms with E-state index in [1.807, 2.05) is 50.2 Å². The molecule has 0 N–H and O–H groups in total. The normalized spacial score (nSPS) is 11.3. The van der Waals surface area contributed by atoms with Crippen LogP contribution in [0.2, 0.25) is 0 Å². The molecule has 21 heavy (non-hydrogen) atoms. The maximum absolute atomic E-state index is 10.6. The minimum Gasteiger partial charge on any atom is -0.378 e. The van der Waals surface area contributed by atoms with Gasteiger partial charge in [0, 0.05) is 37.6 Å². The number of aliphatic imine (C=N–C) groups is 1. The van der Waals surface area contributed by atoms with Crippen LogP contribution in [-0.2, 0) is 0 Å². The van der Waals surface area contributed by atoms with E-state index in [1.165, 1.54) is 12.1 Å². The van der Waals surface area contributed by atoms with Gasteiger partial charge in [-0.3, -0.25) is 15.1 Å². The summed E-state index contributed by atoms with van der Waals surface area (Å²) in [6.45, 7) is 1.89. The van der Waals surface area contributed by atoms with Crippen molar-refractivity contribution in [3.05, 3.63) is 64.2 Å². The molecule has 0 bridgehead atoms. The Morgan fingerprint density at radius 1 is 1.05 bits per heavy atom. The maximum Gasteiger partial charge on any atom is 0.269 e. The van der Waals surface area contributed by atoms with Crippen LogP contribution < -0.4 is 4.90 Å². The molecule has 0 saturated carbocycles. The van der Waals surface area contributed by atoms with Crippen molar-refractivity contribution in [2.75, 3.05) is 19.0 Å². The predicted molar refractivity (Wildman–Crippen MR) is 85.7 cm³/mol. The molecule has 0 fully saturated rings. The van der Waals surface area contributed by atoms with Crippen LogP contribution >= 0.6 is 0 Å². The summed E-state index contributed by atoms with van der Waals surface area (Å²) in [6, 6.07) is 14.3. The molecule has 108 valence electrons. The monoisotopic (exact) mass is 283 g/mol. The lowest BCUT2D eigenvalue weighted by atomic mass is 10.1. The molecule has 2 aromatic rings. The van der Waals surface area contributed by atoms with Crippen molar-refractivity contribution in [2.45, 2.75) is 6.92 Å². The molecule has 0 heterocycles. The van der Waals surface area contributed by atoms with E-state index in [2.05, 4.69) is 4.99 Å². The first-order chi connectivity index (χ1) is 9.97. The van der Waals surface area contributed by atoms with Gasteiger partial charge in [-0.1, -0.05) is 0 Å². The maximum atomic E-state index is 10.6. The number of nitro groups is 1. The van der Waals surface area contributed by atoms with Crippen LogP contribution in [-0.4, -0.2) is 24.7 Å². The predicted octanol–water partition coefficient (Wildman–Crippen LogP) is 3.80. The first kappa shape index (κ1) is 14.7. The summed E-state index contributed by atoms with van der Waals surface area (Å²) < 4.78 is 0. The Labute approximate surface area is 123 Å². The molecular weight excluding hydrogens is 266 g/mol. The van der Waals surface area contributed by atoms with Gasteiger partial charge in [0.05, 0.1) is 10.6 Å². The second kappa shape index (κ2) is 6.17. The van der Waals surface area contributed by atoms with Gasteiger partial charge < -0.3 is 4.90 Å². The molecule has 0 aliphatic carbocycles. The van der Waals surface area contributed by atoms with E-state index in [-0.39, 0.29) is 5.69 Å². The van der Waals surface area contributed by atoms with Crippen molar-refractivity contribution in [2.24, 2.45) is 4.99 Å². The van der Waals surface area contributed by atoms with Gasteiger partial charge in [-0.05, 0) is 48.9 Å². The highest BCUT2D eigenvalue weighted by molar-refractivity contribution is 6.00. The van der Waals surface area contributed by atoms with Crippen LogP contribution in [0.15, 0.2) is 53.5 Å². The molecule has 0 aliphatic rings. The Balaban J connectivity index is 2.21. The quantitative estimate of drug-likeness (QED) is 0.487. The van der Waals surface area contributed by atoms with Gasteiger partial charge in [0.2, 0.25) is 0 Å². The van der Waals surface area contributed by atoms with Gasteiger partial charge in [0.25, 0.3) is 5.69 Å². The Morgan fingerprint density at radius 3 is 2.10 bits per heavy atom. The number of benzene rings is 2. The third-order valence-electron chi connectivity index (χ3n) is 3.16. The minimum absolute atomic E-state index is 0.0851. The van der Waals surface area contributed by atoms with E-state index < -0.39 is 4.92 Å². The fraction of sp³-hybridized carbons (Fsp3) is 0.188. The van der Waals surface area contributed by atoms with Crippen LogP contribution in [0.3, 0.4) is 0 Å². The number of nitrogens with zero attached hydrogens (tertiary/aromatic N) is 3. The number of nitro benzene ring substituents is 1. The van der Waals surface area contributed by atoms with Crippen molar-refractivity contribution in [1.29, 1.82) is 0 Å². The Kier molecular flexibility index (Phi) is 4.33. The molecule has 5 heteroatoms. The van der Waals surface area contributed by atoms with Crippen LogP contribution in [0.5, 0.6) is 0 Å². The van der Waals surface area contributed by atoms with Crippen LogP contribution in [0.4, 0.5) is 17.1 Å². The largest absolute Gasteiger partial charge is 0.378 e. The van der Waals surface area contributed by atoms with Crippen molar-refractivity contribution >= 4 is 22.8 Å². The van der Waals surface area contributed by atoms with E-state index in [0.29, 0.717) is 0 Å². The average molecular weight is 283 g/mol. The first-order valence-electron chi connectivity index (χ1n) is 6.55. The molecule has 5 nitrogen and oxygen atoms in total. The summed E-state index contributed by atoms with van der Waals surface area (Å²) in [5.41, 5.74) is 3.75. The summed E-state index contributed by atoms with van der Waals surface area (Å²) in [6.07, 6.45) is 0. The minimum atomic E-state index is -0.407. The molecule has 0 unspecified atom stereocenters. The fourth-order valence-corrected chi connectivity index (χ4v) is 1.91. The summed E-state index contributed by atoms with van der Waals surface area (Å²) in [5, 5.41) is 10.6.